The molecular formula is C20H21ClN2O. The van der Waals surface area contributed by atoms with Gasteiger partial charge in [0.1, 0.15) is 5.75 Å². The zero-order chi connectivity index (χ0) is 16.9. The van der Waals surface area contributed by atoms with Gasteiger partial charge in [-0.3, -0.25) is 0 Å². The first-order valence-corrected chi connectivity index (χ1v) is 8.49. The Morgan fingerprint density at radius 1 is 1.17 bits per heavy atom. The lowest BCUT2D eigenvalue weighted by Crippen LogP contribution is -2.10. The van der Waals surface area contributed by atoms with Crippen molar-refractivity contribution >= 4 is 11.6 Å². The molecule has 0 fully saturated rings. The third kappa shape index (κ3) is 4.18. The topological polar surface area (TPSA) is 38.0 Å². The number of halogens is 1. The second-order valence-corrected chi connectivity index (χ2v) is 6.62. The molecule has 0 bridgehead atoms. The summed E-state index contributed by atoms with van der Waals surface area (Å²) in [7, 11) is 0. The Morgan fingerprint density at radius 3 is 2.62 bits per heavy atom. The van der Waals surface area contributed by atoms with Gasteiger partial charge in [0.2, 0.25) is 0 Å². The van der Waals surface area contributed by atoms with Crippen molar-refractivity contribution in [3.63, 3.8) is 0 Å². The molecule has 0 spiro atoms. The summed E-state index contributed by atoms with van der Waals surface area (Å²) in [5, 5.41) is 11.1. The van der Waals surface area contributed by atoms with Crippen LogP contribution in [0, 0.1) is 6.92 Å². The van der Waals surface area contributed by atoms with Crippen LogP contribution < -0.4 is 0 Å². The number of phenols is 1. The smallest absolute Gasteiger partial charge is 0.119 e. The first-order chi connectivity index (χ1) is 11.6. The molecule has 3 nitrogen and oxygen atoms in total. The Kier molecular flexibility index (Phi) is 5.21. The Morgan fingerprint density at radius 2 is 1.96 bits per heavy atom. The second kappa shape index (κ2) is 7.54. The minimum atomic E-state index is 0.218. The van der Waals surface area contributed by atoms with Crippen LogP contribution in [-0.4, -0.2) is 14.7 Å². The van der Waals surface area contributed by atoms with Gasteiger partial charge in [-0.1, -0.05) is 35.9 Å². The molecule has 1 unspecified atom stereocenters. The number of aromatic nitrogens is 2. The molecule has 2 aromatic carbocycles. The molecule has 0 aliphatic carbocycles. The average molecular weight is 341 g/mol. The van der Waals surface area contributed by atoms with E-state index in [4.69, 9.17) is 11.6 Å². The number of phenolic OH excluding ortho intramolecular Hbond substituents is 1. The van der Waals surface area contributed by atoms with E-state index in [1.807, 2.05) is 43.7 Å². The fourth-order valence-corrected chi connectivity index (χ4v) is 3.11. The van der Waals surface area contributed by atoms with E-state index in [0.717, 1.165) is 35.5 Å². The van der Waals surface area contributed by atoms with Crippen LogP contribution in [-0.2, 0) is 13.0 Å². The summed E-state index contributed by atoms with van der Waals surface area (Å²) in [6.07, 6.45) is 7.44. The van der Waals surface area contributed by atoms with Crippen LogP contribution in [0.3, 0.4) is 0 Å². The first-order valence-electron chi connectivity index (χ1n) is 8.11. The molecule has 0 saturated heterocycles. The lowest BCUT2D eigenvalue weighted by molar-refractivity contribution is 0.444. The Balaban J connectivity index is 1.80. The largest absolute Gasteiger partial charge is 0.508 e. The zero-order valence-electron chi connectivity index (χ0n) is 13.7. The van der Waals surface area contributed by atoms with Crippen molar-refractivity contribution in [3.05, 3.63) is 82.9 Å². The fourth-order valence-electron chi connectivity index (χ4n) is 2.99. The molecule has 1 atom stereocenters. The number of nitrogens with zero attached hydrogens (tertiary/aromatic N) is 2. The normalized spacial score (nSPS) is 12.2. The molecule has 0 saturated carbocycles. The maximum absolute atomic E-state index is 10.4. The summed E-state index contributed by atoms with van der Waals surface area (Å²) >= 11 is 5.96. The summed E-state index contributed by atoms with van der Waals surface area (Å²) in [5.74, 6) is 0.590. The van der Waals surface area contributed by atoms with Crippen LogP contribution in [0.1, 0.15) is 29.0 Å². The summed E-state index contributed by atoms with van der Waals surface area (Å²) in [4.78, 5) is 4.12. The third-order valence-corrected chi connectivity index (χ3v) is 4.56. The van der Waals surface area contributed by atoms with Gasteiger partial charge < -0.3 is 9.67 Å². The molecule has 0 radical (unpaired) electrons. The number of hydrogen-bond donors (Lipinski definition) is 1. The van der Waals surface area contributed by atoms with Gasteiger partial charge >= 0.3 is 0 Å². The van der Waals surface area contributed by atoms with Gasteiger partial charge in [-0.25, -0.2) is 4.98 Å². The van der Waals surface area contributed by atoms with E-state index < -0.39 is 0 Å². The lowest BCUT2D eigenvalue weighted by atomic mass is 9.91. The van der Waals surface area contributed by atoms with Gasteiger partial charge in [-0.05, 0) is 54.7 Å². The standard InChI is InChI=1S/C20H21ClN2O/c1-15-2-9-19(20(24)12-15)17(13-23-11-10-22-14-23)6-3-16-4-7-18(21)8-5-16/h2,4-5,7-12,14,17,24H,3,6,13H2,1H3. The Labute approximate surface area is 147 Å². The lowest BCUT2D eigenvalue weighted by Gasteiger charge is -2.19. The molecule has 24 heavy (non-hydrogen) atoms. The molecule has 3 aromatic rings. The summed E-state index contributed by atoms with van der Waals surface area (Å²) in [5.41, 5.74) is 3.31. The van der Waals surface area contributed by atoms with Crippen molar-refractivity contribution in [1.82, 2.24) is 9.55 Å². The number of hydrogen-bond acceptors (Lipinski definition) is 2. The van der Waals surface area contributed by atoms with Crippen molar-refractivity contribution in [3.8, 4) is 5.75 Å². The predicted octanol–water partition coefficient (Wildman–Crippen LogP) is 4.97. The van der Waals surface area contributed by atoms with Crippen molar-refractivity contribution in [2.24, 2.45) is 0 Å². The van der Waals surface area contributed by atoms with Crippen molar-refractivity contribution in [2.75, 3.05) is 0 Å². The van der Waals surface area contributed by atoms with E-state index >= 15 is 0 Å². The quantitative estimate of drug-likeness (QED) is 0.688. The molecule has 1 heterocycles. The van der Waals surface area contributed by atoms with E-state index in [9.17, 15) is 5.11 Å². The van der Waals surface area contributed by atoms with E-state index in [1.165, 1.54) is 5.56 Å². The molecule has 3 rings (SSSR count). The molecular weight excluding hydrogens is 320 g/mol. The summed E-state index contributed by atoms with van der Waals surface area (Å²) in [6, 6.07) is 13.9. The number of aromatic hydroxyl groups is 1. The van der Waals surface area contributed by atoms with Crippen molar-refractivity contribution in [2.45, 2.75) is 32.2 Å². The van der Waals surface area contributed by atoms with E-state index in [0.29, 0.717) is 5.75 Å². The van der Waals surface area contributed by atoms with Gasteiger partial charge in [-0.15, -0.1) is 0 Å². The van der Waals surface area contributed by atoms with Crippen LogP contribution >= 0.6 is 11.6 Å². The second-order valence-electron chi connectivity index (χ2n) is 6.18. The number of imidazole rings is 1. The SMILES string of the molecule is Cc1ccc(C(CCc2ccc(Cl)cc2)Cn2ccnc2)c(O)c1. The predicted molar refractivity (Wildman–Crippen MR) is 97.6 cm³/mol. The van der Waals surface area contributed by atoms with Crippen LogP contribution in [0.4, 0.5) is 0 Å². The first kappa shape index (κ1) is 16.6. The minimum Gasteiger partial charge on any atom is -0.508 e. The molecule has 124 valence electrons. The van der Waals surface area contributed by atoms with E-state index in [2.05, 4.69) is 27.8 Å². The van der Waals surface area contributed by atoms with E-state index in [-0.39, 0.29) is 5.92 Å². The number of aryl methyl sites for hydroxylation is 2. The minimum absolute atomic E-state index is 0.218. The number of benzene rings is 2. The maximum Gasteiger partial charge on any atom is 0.119 e. The highest BCUT2D eigenvalue weighted by atomic mass is 35.5. The highest BCUT2D eigenvalue weighted by Gasteiger charge is 2.16. The molecule has 1 aromatic heterocycles. The van der Waals surface area contributed by atoms with Crippen LogP contribution in [0.25, 0.3) is 0 Å². The van der Waals surface area contributed by atoms with Gasteiger partial charge in [-0.2, -0.15) is 0 Å². The molecule has 0 aliphatic rings. The van der Waals surface area contributed by atoms with Gasteiger partial charge in [0.05, 0.1) is 6.33 Å². The third-order valence-electron chi connectivity index (χ3n) is 4.31. The fraction of sp³-hybridized carbons (Fsp3) is 0.250. The maximum atomic E-state index is 10.4. The molecule has 1 N–H and O–H groups in total. The van der Waals surface area contributed by atoms with Gasteiger partial charge in [0.25, 0.3) is 0 Å². The highest BCUT2D eigenvalue weighted by molar-refractivity contribution is 6.30. The van der Waals surface area contributed by atoms with Crippen molar-refractivity contribution < 1.29 is 5.11 Å². The van der Waals surface area contributed by atoms with Crippen molar-refractivity contribution in [1.29, 1.82) is 0 Å². The van der Waals surface area contributed by atoms with Crippen LogP contribution in [0.5, 0.6) is 5.75 Å². The Bertz CT molecular complexity index is 782. The number of rotatable bonds is 6. The van der Waals surface area contributed by atoms with Crippen LogP contribution in [0.15, 0.2) is 61.2 Å². The summed E-state index contributed by atoms with van der Waals surface area (Å²) < 4.78 is 2.06. The Hall–Kier alpha value is -2.26. The van der Waals surface area contributed by atoms with E-state index in [1.54, 1.807) is 6.20 Å². The summed E-state index contributed by atoms with van der Waals surface area (Å²) in [6.45, 7) is 2.78. The molecule has 0 amide bonds. The highest BCUT2D eigenvalue weighted by Crippen LogP contribution is 2.31. The van der Waals surface area contributed by atoms with Gasteiger partial charge in [0.15, 0.2) is 0 Å². The van der Waals surface area contributed by atoms with Gasteiger partial charge in [0, 0.05) is 29.9 Å². The van der Waals surface area contributed by atoms with Crippen LogP contribution in [0.2, 0.25) is 5.02 Å². The zero-order valence-corrected chi connectivity index (χ0v) is 14.4. The monoisotopic (exact) mass is 340 g/mol. The molecule has 0 aliphatic heterocycles. The average Bonchev–Trinajstić information content (AvgIpc) is 3.06. The molecule has 4 heteroatoms.